The molecule has 28 heavy (non-hydrogen) atoms. The lowest BCUT2D eigenvalue weighted by Gasteiger charge is -2.21. The Bertz CT molecular complexity index is 1150. The van der Waals surface area contributed by atoms with E-state index in [9.17, 15) is 5.26 Å². The summed E-state index contributed by atoms with van der Waals surface area (Å²) in [7, 11) is 1.63. The minimum atomic E-state index is 0.241. The van der Waals surface area contributed by atoms with Crippen LogP contribution in [0.3, 0.4) is 0 Å². The fourth-order valence-electron chi connectivity index (χ4n) is 3.93. The maximum Gasteiger partial charge on any atom is 0.291 e. The van der Waals surface area contributed by atoms with Gasteiger partial charge < -0.3 is 14.2 Å². The maximum atomic E-state index is 9.78. The van der Waals surface area contributed by atoms with Crippen molar-refractivity contribution in [3.8, 4) is 45.7 Å². The highest BCUT2D eigenvalue weighted by atomic mass is 16.7. The molecule has 0 unspecified atom stereocenters. The molecule has 0 aliphatic carbocycles. The number of methoxy groups -OCH3 is 1. The lowest BCUT2D eigenvalue weighted by molar-refractivity contribution is -0.673. The molecule has 5 rings (SSSR count). The van der Waals surface area contributed by atoms with Crippen molar-refractivity contribution >= 4 is 5.82 Å². The van der Waals surface area contributed by atoms with Crippen LogP contribution in [0.15, 0.2) is 42.5 Å². The molecule has 3 heterocycles. The van der Waals surface area contributed by atoms with Crippen molar-refractivity contribution < 1.29 is 18.8 Å². The van der Waals surface area contributed by atoms with E-state index in [2.05, 4.69) is 6.07 Å². The summed E-state index contributed by atoms with van der Waals surface area (Å²) in [6.07, 6.45) is 0.820. The predicted octanol–water partition coefficient (Wildman–Crippen LogP) is 3.06. The lowest BCUT2D eigenvalue weighted by Crippen LogP contribution is -2.43. The Hall–Kier alpha value is -3.72. The smallest absolute Gasteiger partial charge is 0.291 e. The van der Waals surface area contributed by atoms with Crippen LogP contribution in [-0.2, 0) is 13.0 Å². The van der Waals surface area contributed by atoms with Crippen LogP contribution in [-0.4, -0.2) is 13.9 Å². The number of fused-ring (bicyclic) bond motifs is 4. The topological polar surface area (TPSA) is 81.4 Å². The number of rotatable bonds is 2. The molecular formula is C22H18N3O3+. The van der Waals surface area contributed by atoms with Crippen LogP contribution in [0.2, 0.25) is 0 Å². The molecular weight excluding hydrogens is 354 g/mol. The summed E-state index contributed by atoms with van der Waals surface area (Å²) < 4.78 is 18.3. The minimum Gasteiger partial charge on any atom is -0.497 e. The highest BCUT2D eigenvalue weighted by Gasteiger charge is 2.29. The number of benzene rings is 2. The third-order valence-electron chi connectivity index (χ3n) is 5.38. The molecule has 2 N–H and O–H groups in total. The highest BCUT2D eigenvalue weighted by Crippen LogP contribution is 2.41. The quantitative estimate of drug-likeness (QED) is 0.699. The molecule has 2 aliphatic rings. The van der Waals surface area contributed by atoms with E-state index in [0.29, 0.717) is 17.9 Å². The van der Waals surface area contributed by atoms with Gasteiger partial charge in [0.25, 0.3) is 5.82 Å². The molecule has 2 aliphatic heterocycles. The number of nitrogens with two attached hydrogens (primary N) is 1. The zero-order valence-corrected chi connectivity index (χ0v) is 15.4. The number of hydrogen-bond donors (Lipinski definition) is 1. The SMILES string of the molecule is COc1ccc(-c2cc3[n+](c(N)c2C#N)CCc2cc4c(cc2-3)OCO4)cc1. The molecule has 0 bridgehead atoms. The number of nitrogen functional groups attached to an aromatic ring is 1. The van der Waals surface area contributed by atoms with Gasteiger partial charge in [-0.25, -0.2) is 4.57 Å². The van der Waals surface area contributed by atoms with Crippen LogP contribution in [0.25, 0.3) is 22.4 Å². The standard InChI is InChI=1S/C22H17N3O3/c1-26-15-4-2-13(3-5-15)16-9-19-17-10-21-20(27-12-28-21)8-14(17)6-7-25(19)22(24)18(16)11-23/h2-5,8-10,24H,6-7,12H2,1H3/p+1. The number of anilines is 1. The van der Waals surface area contributed by atoms with E-state index < -0.39 is 0 Å². The van der Waals surface area contributed by atoms with Gasteiger partial charge in [0.15, 0.2) is 11.5 Å². The number of aromatic nitrogens is 1. The van der Waals surface area contributed by atoms with E-state index in [1.165, 1.54) is 5.56 Å². The summed E-state index contributed by atoms with van der Waals surface area (Å²) in [5.41, 5.74) is 11.9. The molecule has 0 spiro atoms. The Balaban J connectivity index is 1.74. The normalized spacial score (nSPS) is 13.4. The Morgan fingerprint density at radius 2 is 1.82 bits per heavy atom. The second-order valence-corrected chi connectivity index (χ2v) is 6.81. The number of nitriles is 1. The molecule has 3 aromatic rings. The Morgan fingerprint density at radius 1 is 1.07 bits per heavy atom. The van der Waals surface area contributed by atoms with Gasteiger partial charge in [0.05, 0.1) is 13.7 Å². The van der Waals surface area contributed by atoms with Crippen molar-refractivity contribution in [2.24, 2.45) is 0 Å². The number of pyridine rings is 1. The van der Waals surface area contributed by atoms with Gasteiger partial charge in [-0.05, 0) is 41.5 Å². The third kappa shape index (κ3) is 2.37. The van der Waals surface area contributed by atoms with E-state index in [0.717, 1.165) is 46.1 Å². The molecule has 6 nitrogen and oxygen atoms in total. The third-order valence-corrected chi connectivity index (χ3v) is 5.38. The van der Waals surface area contributed by atoms with Gasteiger partial charge >= 0.3 is 0 Å². The first-order valence-electron chi connectivity index (χ1n) is 9.03. The average Bonchev–Trinajstić information content (AvgIpc) is 3.19. The second kappa shape index (κ2) is 6.17. The summed E-state index contributed by atoms with van der Waals surface area (Å²) >= 11 is 0. The van der Waals surface area contributed by atoms with Gasteiger partial charge in [0.1, 0.15) is 23.1 Å². The summed E-state index contributed by atoms with van der Waals surface area (Å²) in [5.74, 6) is 2.76. The van der Waals surface area contributed by atoms with Gasteiger partial charge in [-0.2, -0.15) is 5.26 Å². The molecule has 0 saturated heterocycles. The second-order valence-electron chi connectivity index (χ2n) is 6.81. The number of hydrogen-bond acceptors (Lipinski definition) is 5. The van der Waals surface area contributed by atoms with E-state index >= 15 is 0 Å². The van der Waals surface area contributed by atoms with Crippen molar-refractivity contribution in [1.82, 2.24) is 0 Å². The number of nitrogens with zero attached hydrogens (tertiary/aromatic N) is 2. The van der Waals surface area contributed by atoms with Crippen LogP contribution in [0.1, 0.15) is 11.1 Å². The van der Waals surface area contributed by atoms with Crippen LogP contribution < -0.4 is 24.5 Å². The van der Waals surface area contributed by atoms with Crippen molar-refractivity contribution in [2.45, 2.75) is 13.0 Å². The Labute approximate surface area is 162 Å². The highest BCUT2D eigenvalue weighted by molar-refractivity contribution is 5.80. The van der Waals surface area contributed by atoms with Crippen LogP contribution in [0.4, 0.5) is 5.82 Å². The fraction of sp³-hybridized carbons (Fsp3) is 0.182. The van der Waals surface area contributed by atoms with Gasteiger partial charge in [-0.3, -0.25) is 5.73 Å². The first-order chi connectivity index (χ1) is 13.7. The van der Waals surface area contributed by atoms with Crippen molar-refractivity contribution in [1.29, 1.82) is 5.26 Å². The molecule has 0 amide bonds. The van der Waals surface area contributed by atoms with E-state index in [-0.39, 0.29) is 6.79 Å². The molecule has 0 radical (unpaired) electrons. The minimum absolute atomic E-state index is 0.241. The first-order valence-corrected chi connectivity index (χ1v) is 9.03. The van der Waals surface area contributed by atoms with Gasteiger partial charge in [-0.15, -0.1) is 0 Å². The number of aryl methyl sites for hydroxylation is 1. The summed E-state index contributed by atoms with van der Waals surface area (Å²) in [5, 5.41) is 9.78. The molecule has 1 aromatic heterocycles. The molecule has 6 heteroatoms. The van der Waals surface area contributed by atoms with Gasteiger partial charge in [0, 0.05) is 17.5 Å². The predicted molar refractivity (Wildman–Crippen MR) is 103 cm³/mol. The van der Waals surface area contributed by atoms with Crippen molar-refractivity contribution in [3.63, 3.8) is 0 Å². The van der Waals surface area contributed by atoms with Gasteiger partial charge in [-0.1, -0.05) is 12.1 Å². The fourth-order valence-corrected chi connectivity index (χ4v) is 3.93. The zero-order chi connectivity index (χ0) is 19.3. The number of ether oxygens (including phenoxy) is 3. The first kappa shape index (κ1) is 16.5. The Kier molecular flexibility index (Phi) is 3.63. The summed E-state index contributed by atoms with van der Waals surface area (Å²) in [6.45, 7) is 0.955. The lowest BCUT2D eigenvalue weighted by atomic mass is 9.92. The molecule has 0 fully saturated rings. The maximum absolute atomic E-state index is 9.78. The van der Waals surface area contributed by atoms with Crippen LogP contribution >= 0.6 is 0 Å². The Morgan fingerprint density at radius 3 is 2.54 bits per heavy atom. The zero-order valence-electron chi connectivity index (χ0n) is 15.4. The van der Waals surface area contributed by atoms with Crippen molar-refractivity contribution in [3.05, 3.63) is 53.6 Å². The molecule has 0 atom stereocenters. The molecule has 2 aromatic carbocycles. The van der Waals surface area contributed by atoms with E-state index in [1.807, 2.05) is 47.0 Å². The van der Waals surface area contributed by atoms with Crippen LogP contribution in [0.5, 0.6) is 17.2 Å². The van der Waals surface area contributed by atoms with E-state index in [4.69, 9.17) is 19.9 Å². The molecule has 138 valence electrons. The molecule has 0 saturated carbocycles. The summed E-state index contributed by atoms with van der Waals surface area (Å²) in [6, 6.07) is 16.0. The van der Waals surface area contributed by atoms with E-state index in [1.54, 1.807) is 7.11 Å². The largest absolute Gasteiger partial charge is 0.497 e. The van der Waals surface area contributed by atoms with Gasteiger partial charge in [0.2, 0.25) is 6.79 Å². The average molecular weight is 372 g/mol. The van der Waals surface area contributed by atoms with Crippen LogP contribution in [0, 0.1) is 11.3 Å². The monoisotopic (exact) mass is 372 g/mol. The summed E-state index contributed by atoms with van der Waals surface area (Å²) in [4.78, 5) is 0. The van der Waals surface area contributed by atoms with Crippen molar-refractivity contribution in [2.75, 3.05) is 19.6 Å².